The van der Waals surface area contributed by atoms with Gasteiger partial charge in [-0.25, -0.2) is 0 Å². The van der Waals surface area contributed by atoms with Crippen LogP contribution in [0.3, 0.4) is 0 Å². The van der Waals surface area contributed by atoms with Gasteiger partial charge in [-0.05, 0) is 49.7 Å². The van der Waals surface area contributed by atoms with Gasteiger partial charge in [0.25, 0.3) is 0 Å². The van der Waals surface area contributed by atoms with E-state index in [-0.39, 0.29) is 30.2 Å². The van der Waals surface area contributed by atoms with Crippen LogP contribution >= 0.6 is 11.6 Å². The number of carboxylic acids is 1. The Labute approximate surface area is 165 Å². The Balaban J connectivity index is 1.89. The zero-order valence-electron chi connectivity index (χ0n) is 15.5. The van der Waals surface area contributed by atoms with Crippen molar-refractivity contribution >= 4 is 17.6 Å². The molecule has 6 heteroatoms. The highest BCUT2D eigenvalue weighted by atomic mass is 35.5. The third kappa shape index (κ3) is 6.83. The van der Waals surface area contributed by atoms with Crippen LogP contribution < -0.4 is 4.74 Å². The Kier molecular flexibility index (Phi) is 9.11. The zero-order valence-corrected chi connectivity index (χ0v) is 16.2. The van der Waals surface area contributed by atoms with Crippen molar-refractivity contribution < 1.29 is 24.9 Å². The zero-order chi connectivity index (χ0) is 19.6. The van der Waals surface area contributed by atoms with Crippen LogP contribution in [0.25, 0.3) is 0 Å². The van der Waals surface area contributed by atoms with E-state index in [1.807, 2.05) is 36.4 Å². The van der Waals surface area contributed by atoms with Crippen molar-refractivity contribution in [3.05, 3.63) is 42.0 Å². The number of unbranched alkanes of at least 4 members (excludes halogenated alkanes) is 1. The van der Waals surface area contributed by atoms with Gasteiger partial charge in [-0.2, -0.15) is 0 Å². The molecule has 0 saturated heterocycles. The van der Waals surface area contributed by atoms with Gasteiger partial charge in [0.1, 0.15) is 5.75 Å². The Morgan fingerprint density at radius 1 is 1.26 bits per heavy atom. The van der Waals surface area contributed by atoms with Crippen molar-refractivity contribution in [2.45, 2.75) is 50.0 Å². The van der Waals surface area contributed by atoms with E-state index in [0.29, 0.717) is 25.9 Å². The standard InChI is InChI=1S/C21H29ClO5/c22-18-13-19(24)17(16(18)8-3-1-2-4-10-21(25)26)14-27-20-9-6-5-7-15(20)11-12-23/h1,3,5-7,9,16-19,23-24H,2,4,8,10-14H2,(H,25,26)/t16-,17-,18-,19-/m1/s1. The molecule has 4 atom stereocenters. The minimum atomic E-state index is -0.776. The first-order valence-electron chi connectivity index (χ1n) is 9.53. The smallest absolute Gasteiger partial charge is 0.303 e. The number of ether oxygens (including phenoxy) is 1. The molecule has 0 amide bonds. The topological polar surface area (TPSA) is 87.0 Å². The number of aliphatic carboxylic acids is 1. The predicted octanol–water partition coefficient (Wildman–Crippen LogP) is 3.41. The Hall–Kier alpha value is -1.56. The first-order valence-corrected chi connectivity index (χ1v) is 9.97. The molecular formula is C21H29ClO5. The second-order valence-electron chi connectivity index (χ2n) is 7.03. The van der Waals surface area contributed by atoms with E-state index >= 15 is 0 Å². The van der Waals surface area contributed by atoms with E-state index in [4.69, 9.17) is 21.4 Å². The lowest BCUT2D eigenvalue weighted by Crippen LogP contribution is -2.27. The molecule has 0 aromatic heterocycles. The number of para-hydroxylation sites is 1. The summed E-state index contributed by atoms with van der Waals surface area (Å²) >= 11 is 6.45. The monoisotopic (exact) mass is 396 g/mol. The van der Waals surface area contributed by atoms with Gasteiger partial charge < -0.3 is 20.1 Å². The Morgan fingerprint density at radius 3 is 2.78 bits per heavy atom. The summed E-state index contributed by atoms with van der Waals surface area (Å²) in [6.45, 7) is 0.440. The average Bonchev–Trinajstić information content (AvgIpc) is 2.90. The summed E-state index contributed by atoms with van der Waals surface area (Å²) in [5, 5.41) is 28.1. The molecule has 1 aromatic rings. The molecule has 1 aromatic carbocycles. The minimum Gasteiger partial charge on any atom is -0.493 e. The number of aliphatic hydroxyl groups excluding tert-OH is 2. The molecule has 0 bridgehead atoms. The largest absolute Gasteiger partial charge is 0.493 e. The molecule has 0 unspecified atom stereocenters. The fourth-order valence-electron chi connectivity index (χ4n) is 3.59. The molecule has 1 aliphatic rings. The van der Waals surface area contributed by atoms with Crippen LogP contribution in [0, 0.1) is 11.8 Å². The number of halogens is 1. The van der Waals surface area contributed by atoms with E-state index in [0.717, 1.165) is 24.2 Å². The van der Waals surface area contributed by atoms with Gasteiger partial charge in [0.15, 0.2) is 0 Å². The van der Waals surface area contributed by atoms with Gasteiger partial charge in [-0.3, -0.25) is 4.79 Å². The van der Waals surface area contributed by atoms with Crippen molar-refractivity contribution in [1.82, 2.24) is 0 Å². The number of hydrogen-bond donors (Lipinski definition) is 3. The fraction of sp³-hybridized carbons (Fsp3) is 0.571. The number of allylic oxidation sites excluding steroid dienone is 2. The van der Waals surface area contributed by atoms with Crippen LogP contribution in [0.4, 0.5) is 0 Å². The van der Waals surface area contributed by atoms with E-state index in [1.165, 1.54) is 0 Å². The van der Waals surface area contributed by atoms with Gasteiger partial charge in [-0.15, -0.1) is 11.6 Å². The van der Waals surface area contributed by atoms with Gasteiger partial charge in [0.2, 0.25) is 0 Å². The highest BCUT2D eigenvalue weighted by molar-refractivity contribution is 6.21. The van der Waals surface area contributed by atoms with Crippen LogP contribution in [0.2, 0.25) is 0 Å². The van der Waals surface area contributed by atoms with Crippen molar-refractivity contribution in [3.8, 4) is 5.75 Å². The second-order valence-corrected chi connectivity index (χ2v) is 7.59. The molecule has 150 valence electrons. The van der Waals surface area contributed by atoms with Crippen molar-refractivity contribution in [3.63, 3.8) is 0 Å². The summed E-state index contributed by atoms with van der Waals surface area (Å²) in [7, 11) is 0. The van der Waals surface area contributed by atoms with Crippen LogP contribution in [0.5, 0.6) is 5.75 Å². The lowest BCUT2D eigenvalue weighted by Gasteiger charge is -2.23. The lowest BCUT2D eigenvalue weighted by atomic mass is 9.92. The molecule has 5 nitrogen and oxygen atoms in total. The van der Waals surface area contributed by atoms with Crippen molar-refractivity contribution in [1.29, 1.82) is 0 Å². The quantitative estimate of drug-likeness (QED) is 0.303. The maximum atomic E-state index is 10.5. The molecule has 0 radical (unpaired) electrons. The summed E-state index contributed by atoms with van der Waals surface area (Å²) in [5.41, 5.74) is 0.949. The van der Waals surface area contributed by atoms with E-state index in [9.17, 15) is 15.0 Å². The summed E-state index contributed by atoms with van der Waals surface area (Å²) < 4.78 is 5.97. The van der Waals surface area contributed by atoms with Crippen molar-refractivity contribution in [2.75, 3.05) is 13.2 Å². The number of aliphatic hydroxyl groups is 2. The Morgan fingerprint density at radius 2 is 2.04 bits per heavy atom. The molecule has 27 heavy (non-hydrogen) atoms. The van der Waals surface area contributed by atoms with E-state index in [1.54, 1.807) is 0 Å². The summed E-state index contributed by atoms with van der Waals surface area (Å²) in [6, 6.07) is 7.61. The van der Waals surface area contributed by atoms with Gasteiger partial charge in [0.05, 0.1) is 12.7 Å². The minimum absolute atomic E-state index is 0.0571. The van der Waals surface area contributed by atoms with Gasteiger partial charge >= 0.3 is 5.97 Å². The number of carbonyl (C=O) groups is 1. The van der Waals surface area contributed by atoms with Crippen molar-refractivity contribution in [2.24, 2.45) is 11.8 Å². The van der Waals surface area contributed by atoms with Crippen LogP contribution in [-0.2, 0) is 11.2 Å². The van der Waals surface area contributed by atoms with Crippen LogP contribution in [0.1, 0.15) is 37.7 Å². The molecule has 3 N–H and O–H groups in total. The molecule has 1 aliphatic carbocycles. The van der Waals surface area contributed by atoms with E-state index in [2.05, 4.69) is 0 Å². The molecular weight excluding hydrogens is 368 g/mol. The lowest BCUT2D eigenvalue weighted by molar-refractivity contribution is -0.137. The maximum absolute atomic E-state index is 10.5. The summed E-state index contributed by atoms with van der Waals surface area (Å²) in [4.78, 5) is 10.5. The Bertz CT molecular complexity index is 618. The predicted molar refractivity (Wildman–Crippen MR) is 105 cm³/mol. The average molecular weight is 397 g/mol. The molecule has 1 fully saturated rings. The normalized spacial score (nSPS) is 25.1. The first-order chi connectivity index (χ1) is 13.0. The number of benzene rings is 1. The second kappa shape index (κ2) is 11.3. The van der Waals surface area contributed by atoms with E-state index < -0.39 is 12.1 Å². The fourth-order valence-corrected chi connectivity index (χ4v) is 4.06. The molecule has 2 rings (SSSR count). The molecule has 0 aliphatic heterocycles. The SMILES string of the molecule is O=C(O)CCCC=CC[C@@H]1[C@@H](COc2ccccc2CCO)[C@H](O)C[C@H]1Cl. The third-order valence-electron chi connectivity index (χ3n) is 5.10. The highest BCUT2D eigenvalue weighted by Crippen LogP contribution is 2.39. The van der Waals surface area contributed by atoms with Gasteiger partial charge in [-0.1, -0.05) is 30.4 Å². The molecule has 1 saturated carbocycles. The third-order valence-corrected chi connectivity index (χ3v) is 5.60. The highest BCUT2D eigenvalue weighted by Gasteiger charge is 2.41. The summed E-state index contributed by atoms with van der Waals surface area (Å²) in [6.07, 6.45) is 6.87. The molecule has 0 spiro atoms. The van der Waals surface area contributed by atoms with Gasteiger partial charge in [0, 0.05) is 24.3 Å². The number of rotatable bonds is 11. The molecule has 0 heterocycles. The number of hydrogen-bond acceptors (Lipinski definition) is 4. The maximum Gasteiger partial charge on any atom is 0.303 e. The van der Waals surface area contributed by atoms with Crippen LogP contribution in [-0.4, -0.2) is 46.0 Å². The number of alkyl halides is 1. The first kappa shape index (κ1) is 21.7. The van der Waals surface area contributed by atoms with Crippen LogP contribution in [0.15, 0.2) is 36.4 Å². The number of carboxylic acid groups (broad SMARTS) is 1. The summed E-state index contributed by atoms with van der Waals surface area (Å²) in [5.74, 6) is 0.0160.